The molecule has 0 spiro atoms. The van der Waals surface area contributed by atoms with E-state index in [4.69, 9.17) is 9.26 Å². The molecule has 2 aromatic rings. The summed E-state index contributed by atoms with van der Waals surface area (Å²) >= 11 is 0. The van der Waals surface area contributed by atoms with Crippen molar-refractivity contribution < 1.29 is 9.26 Å². The normalized spacial score (nSPS) is 23.5. The van der Waals surface area contributed by atoms with Gasteiger partial charge in [-0.1, -0.05) is 29.4 Å². The van der Waals surface area contributed by atoms with Gasteiger partial charge in [0, 0.05) is 72.0 Å². The number of hydrogen-bond acceptors (Lipinski definition) is 6. The van der Waals surface area contributed by atoms with Gasteiger partial charge in [-0.3, -0.25) is 14.8 Å². The zero-order valence-electron chi connectivity index (χ0n) is 19.5. The highest BCUT2D eigenvalue weighted by atomic mass is 16.5. The molecule has 8 nitrogen and oxygen atoms in total. The molecule has 2 aliphatic heterocycles. The van der Waals surface area contributed by atoms with Crippen LogP contribution in [0, 0.1) is 0 Å². The van der Waals surface area contributed by atoms with Crippen molar-refractivity contribution in [3.8, 4) is 0 Å². The molecule has 2 saturated heterocycles. The standard InChI is InChI=1S/C24H36N6O2/c1-19-15-29(16-20(2)32-19)17-22-6-4-21(5-7-22)14-26-24(25-3)30-11-9-28(10-12-30)18-23-8-13-31-27-23/h4-8,13,19-20H,9-12,14-18H2,1-3H3,(H,25,26). The zero-order chi connectivity index (χ0) is 22.3. The minimum Gasteiger partial charge on any atom is -0.373 e. The zero-order valence-corrected chi connectivity index (χ0v) is 19.5. The molecular formula is C24H36N6O2. The Kier molecular flexibility index (Phi) is 7.78. The molecule has 174 valence electrons. The first-order valence-corrected chi connectivity index (χ1v) is 11.6. The third-order valence-electron chi connectivity index (χ3n) is 6.14. The number of nitrogens with one attached hydrogen (secondary N) is 1. The van der Waals surface area contributed by atoms with Crippen LogP contribution in [0.15, 0.2) is 46.1 Å². The van der Waals surface area contributed by atoms with Crippen molar-refractivity contribution >= 4 is 5.96 Å². The molecule has 0 aliphatic carbocycles. The molecule has 3 heterocycles. The second-order valence-corrected chi connectivity index (χ2v) is 8.92. The number of aromatic nitrogens is 1. The van der Waals surface area contributed by atoms with Crippen LogP contribution in [0.3, 0.4) is 0 Å². The molecule has 0 saturated carbocycles. The minimum atomic E-state index is 0.304. The van der Waals surface area contributed by atoms with Gasteiger partial charge >= 0.3 is 0 Å². The fourth-order valence-electron chi connectivity index (χ4n) is 4.61. The first kappa shape index (κ1) is 22.8. The van der Waals surface area contributed by atoms with Crippen molar-refractivity contribution in [1.29, 1.82) is 0 Å². The highest BCUT2D eigenvalue weighted by molar-refractivity contribution is 5.80. The lowest BCUT2D eigenvalue weighted by Gasteiger charge is -2.36. The summed E-state index contributed by atoms with van der Waals surface area (Å²) in [5.74, 6) is 0.964. The first-order valence-electron chi connectivity index (χ1n) is 11.6. The number of hydrogen-bond donors (Lipinski definition) is 1. The average molecular weight is 441 g/mol. The van der Waals surface area contributed by atoms with Crippen molar-refractivity contribution in [2.75, 3.05) is 46.3 Å². The summed E-state index contributed by atoms with van der Waals surface area (Å²) in [5, 5.41) is 7.55. The maximum atomic E-state index is 5.84. The van der Waals surface area contributed by atoms with Crippen molar-refractivity contribution in [2.45, 2.75) is 45.7 Å². The second-order valence-electron chi connectivity index (χ2n) is 8.92. The van der Waals surface area contributed by atoms with Crippen molar-refractivity contribution in [3.05, 3.63) is 53.4 Å². The topological polar surface area (TPSA) is 69.4 Å². The van der Waals surface area contributed by atoms with Gasteiger partial charge in [0.2, 0.25) is 0 Å². The summed E-state index contributed by atoms with van der Waals surface area (Å²) < 4.78 is 10.8. The predicted octanol–water partition coefficient (Wildman–Crippen LogP) is 2.18. The van der Waals surface area contributed by atoms with Gasteiger partial charge in [0.1, 0.15) is 6.26 Å². The Hall–Kier alpha value is -2.42. The van der Waals surface area contributed by atoms with Gasteiger partial charge in [-0.05, 0) is 25.0 Å². The molecule has 1 N–H and O–H groups in total. The van der Waals surface area contributed by atoms with Gasteiger partial charge in [0.15, 0.2) is 5.96 Å². The molecule has 4 rings (SSSR count). The molecule has 2 atom stereocenters. The molecule has 2 unspecified atom stereocenters. The van der Waals surface area contributed by atoms with E-state index in [1.165, 1.54) is 11.1 Å². The van der Waals surface area contributed by atoms with E-state index in [2.05, 4.69) is 68.3 Å². The third kappa shape index (κ3) is 6.31. The van der Waals surface area contributed by atoms with Crippen LogP contribution >= 0.6 is 0 Å². The van der Waals surface area contributed by atoms with Crippen LogP contribution in [0.25, 0.3) is 0 Å². The third-order valence-corrected chi connectivity index (χ3v) is 6.14. The summed E-state index contributed by atoms with van der Waals surface area (Å²) in [5.41, 5.74) is 3.60. The van der Waals surface area contributed by atoms with E-state index in [9.17, 15) is 0 Å². The summed E-state index contributed by atoms with van der Waals surface area (Å²) in [4.78, 5) is 11.7. The fourth-order valence-corrected chi connectivity index (χ4v) is 4.61. The molecule has 0 amide bonds. The van der Waals surface area contributed by atoms with Gasteiger partial charge in [-0.2, -0.15) is 0 Å². The van der Waals surface area contributed by atoms with Crippen molar-refractivity contribution in [3.63, 3.8) is 0 Å². The number of guanidine groups is 1. The summed E-state index contributed by atoms with van der Waals surface area (Å²) in [7, 11) is 1.86. The van der Waals surface area contributed by atoms with E-state index < -0.39 is 0 Å². The first-order chi connectivity index (χ1) is 15.6. The molecule has 1 aromatic heterocycles. The van der Waals surface area contributed by atoms with Crippen LogP contribution in [-0.4, -0.2) is 84.3 Å². The van der Waals surface area contributed by atoms with Gasteiger partial charge < -0.3 is 19.5 Å². The van der Waals surface area contributed by atoms with Gasteiger partial charge in [-0.15, -0.1) is 0 Å². The fraction of sp³-hybridized carbons (Fsp3) is 0.583. The summed E-state index contributed by atoms with van der Waals surface area (Å²) in [6.45, 7) is 12.8. The Labute approximate surface area is 191 Å². The maximum Gasteiger partial charge on any atom is 0.194 e. The van der Waals surface area contributed by atoms with E-state index in [0.717, 1.165) is 70.6 Å². The van der Waals surface area contributed by atoms with Crippen LogP contribution in [0.2, 0.25) is 0 Å². The van der Waals surface area contributed by atoms with E-state index in [1.54, 1.807) is 6.26 Å². The van der Waals surface area contributed by atoms with E-state index in [1.807, 2.05) is 13.1 Å². The van der Waals surface area contributed by atoms with Crippen LogP contribution in [0.5, 0.6) is 0 Å². The van der Waals surface area contributed by atoms with Gasteiger partial charge in [0.05, 0.1) is 17.9 Å². The molecule has 32 heavy (non-hydrogen) atoms. The largest absolute Gasteiger partial charge is 0.373 e. The van der Waals surface area contributed by atoms with Gasteiger partial charge in [0.25, 0.3) is 0 Å². The number of nitrogens with zero attached hydrogens (tertiary/aromatic N) is 5. The lowest BCUT2D eigenvalue weighted by atomic mass is 10.1. The summed E-state index contributed by atoms with van der Waals surface area (Å²) in [6.07, 6.45) is 2.24. The van der Waals surface area contributed by atoms with Crippen LogP contribution in [0.1, 0.15) is 30.7 Å². The van der Waals surface area contributed by atoms with Crippen LogP contribution < -0.4 is 5.32 Å². The minimum absolute atomic E-state index is 0.304. The van der Waals surface area contributed by atoms with Crippen molar-refractivity contribution in [1.82, 2.24) is 25.2 Å². The quantitative estimate of drug-likeness (QED) is 0.545. The highest BCUT2D eigenvalue weighted by Crippen LogP contribution is 2.15. The highest BCUT2D eigenvalue weighted by Gasteiger charge is 2.22. The van der Waals surface area contributed by atoms with E-state index in [0.29, 0.717) is 12.2 Å². The molecule has 8 heteroatoms. The van der Waals surface area contributed by atoms with Crippen LogP contribution in [0.4, 0.5) is 0 Å². The Morgan fingerprint density at radius 3 is 2.28 bits per heavy atom. The molecule has 2 aliphatic rings. The molecule has 0 radical (unpaired) electrons. The number of aliphatic imine (C=N–C) groups is 1. The number of piperazine rings is 1. The van der Waals surface area contributed by atoms with Crippen LogP contribution in [-0.2, 0) is 24.4 Å². The molecular weight excluding hydrogens is 404 g/mol. The maximum absolute atomic E-state index is 5.84. The Balaban J connectivity index is 1.22. The van der Waals surface area contributed by atoms with Crippen molar-refractivity contribution in [2.24, 2.45) is 4.99 Å². The van der Waals surface area contributed by atoms with Gasteiger partial charge in [-0.25, -0.2) is 0 Å². The SMILES string of the molecule is CN=C(NCc1ccc(CN2CC(C)OC(C)C2)cc1)N1CCN(Cc2ccon2)CC1. The number of morpholine rings is 1. The lowest BCUT2D eigenvalue weighted by molar-refractivity contribution is -0.0704. The molecule has 1 aromatic carbocycles. The summed E-state index contributed by atoms with van der Waals surface area (Å²) in [6, 6.07) is 10.9. The average Bonchev–Trinajstić information content (AvgIpc) is 3.29. The molecule has 0 bridgehead atoms. The monoisotopic (exact) mass is 440 g/mol. The second kappa shape index (κ2) is 10.9. The Bertz CT molecular complexity index is 836. The predicted molar refractivity (Wildman–Crippen MR) is 125 cm³/mol. The lowest BCUT2D eigenvalue weighted by Crippen LogP contribution is -2.52. The number of rotatable bonds is 6. The number of ether oxygens (including phenoxy) is 1. The van der Waals surface area contributed by atoms with E-state index in [-0.39, 0.29) is 0 Å². The molecule has 2 fully saturated rings. The van der Waals surface area contributed by atoms with E-state index >= 15 is 0 Å². The Morgan fingerprint density at radius 2 is 1.66 bits per heavy atom. The smallest absolute Gasteiger partial charge is 0.194 e. The number of benzene rings is 1. The Morgan fingerprint density at radius 1 is 0.969 bits per heavy atom.